The Balaban J connectivity index is 1.71. The van der Waals surface area contributed by atoms with Gasteiger partial charge in [-0.3, -0.25) is 9.69 Å². The molecule has 1 amide bonds. The highest BCUT2D eigenvalue weighted by atomic mass is 32.2. The highest BCUT2D eigenvalue weighted by molar-refractivity contribution is 8.00. The smallest absolute Gasteiger partial charge is 0.238 e. The predicted octanol–water partition coefficient (Wildman–Crippen LogP) is 3.50. The number of rotatable bonds is 2. The van der Waals surface area contributed by atoms with E-state index in [2.05, 4.69) is 0 Å². The van der Waals surface area contributed by atoms with Crippen molar-refractivity contribution in [1.29, 1.82) is 0 Å². The third-order valence-electron chi connectivity index (χ3n) is 3.86. The molecule has 2 aromatic rings. The Hall–Kier alpha value is -2.14. The molecule has 2 aromatic carbocycles. The largest absolute Gasteiger partial charge is 0.454 e. The van der Waals surface area contributed by atoms with Gasteiger partial charge in [0.1, 0.15) is 5.37 Å². The number of fused-ring (bicyclic) bond motifs is 1. The molecule has 0 unspecified atom stereocenters. The van der Waals surface area contributed by atoms with Crippen molar-refractivity contribution in [3.05, 3.63) is 53.6 Å². The minimum Gasteiger partial charge on any atom is -0.454 e. The summed E-state index contributed by atoms with van der Waals surface area (Å²) in [7, 11) is 0. The summed E-state index contributed by atoms with van der Waals surface area (Å²) < 4.78 is 10.8. The van der Waals surface area contributed by atoms with E-state index < -0.39 is 0 Å². The number of aryl methyl sites for hydroxylation is 1. The van der Waals surface area contributed by atoms with E-state index in [1.54, 1.807) is 11.8 Å². The Morgan fingerprint density at radius 1 is 1.09 bits per heavy atom. The van der Waals surface area contributed by atoms with E-state index in [4.69, 9.17) is 9.47 Å². The van der Waals surface area contributed by atoms with Crippen LogP contribution in [0, 0.1) is 6.92 Å². The molecular formula is C17H15NO3S. The molecular weight excluding hydrogens is 298 g/mol. The Morgan fingerprint density at radius 3 is 2.68 bits per heavy atom. The molecule has 0 aromatic heterocycles. The van der Waals surface area contributed by atoms with Crippen LogP contribution in [0.3, 0.4) is 0 Å². The van der Waals surface area contributed by atoms with Crippen LogP contribution in [0.1, 0.15) is 16.5 Å². The zero-order valence-electron chi connectivity index (χ0n) is 12.1. The summed E-state index contributed by atoms with van der Waals surface area (Å²) in [6, 6.07) is 13.9. The van der Waals surface area contributed by atoms with Crippen LogP contribution >= 0.6 is 11.8 Å². The van der Waals surface area contributed by atoms with Gasteiger partial charge in [-0.1, -0.05) is 23.8 Å². The SMILES string of the molecule is Cc1ccc(N2C(=O)CS[C@H]2c2ccc3c(c2)OCO3)cc1. The van der Waals surface area contributed by atoms with Gasteiger partial charge in [-0.05, 0) is 36.8 Å². The highest BCUT2D eigenvalue weighted by Gasteiger charge is 2.34. The first kappa shape index (κ1) is 13.5. The number of hydrogen-bond donors (Lipinski definition) is 0. The molecule has 1 saturated heterocycles. The fraction of sp³-hybridized carbons (Fsp3) is 0.235. The average Bonchev–Trinajstić information content (AvgIpc) is 3.14. The molecule has 1 fully saturated rings. The normalized spacial score (nSPS) is 19.8. The zero-order chi connectivity index (χ0) is 15.1. The maximum atomic E-state index is 12.3. The van der Waals surface area contributed by atoms with Crippen LogP contribution in [-0.4, -0.2) is 18.5 Å². The quantitative estimate of drug-likeness (QED) is 0.850. The maximum Gasteiger partial charge on any atom is 0.238 e. The highest BCUT2D eigenvalue weighted by Crippen LogP contribution is 2.44. The third kappa shape index (κ3) is 2.22. The number of hydrogen-bond acceptors (Lipinski definition) is 4. The molecule has 22 heavy (non-hydrogen) atoms. The average molecular weight is 313 g/mol. The van der Waals surface area contributed by atoms with Gasteiger partial charge in [0.15, 0.2) is 11.5 Å². The molecule has 0 N–H and O–H groups in total. The maximum absolute atomic E-state index is 12.3. The number of amides is 1. The van der Waals surface area contributed by atoms with Gasteiger partial charge >= 0.3 is 0 Å². The molecule has 1 atom stereocenters. The van der Waals surface area contributed by atoms with Gasteiger partial charge in [-0.25, -0.2) is 0 Å². The van der Waals surface area contributed by atoms with Crippen molar-refractivity contribution in [2.24, 2.45) is 0 Å². The number of ether oxygens (including phenoxy) is 2. The van der Waals surface area contributed by atoms with Crippen molar-refractivity contribution in [2.75, 3.05) is 17.4 Å². The lowest BCUT2D eigenvalue weighted by Crippen LogP contribution is -2.27. The number of carbonyl (C=O) groups excluding carboxylic acids is 1. The minimum atomic E-state index is -0.0234. The molecule has 2 heterocycles. The van der Waals surface area contributed by atoms with Gasteiger partial charge in [0.25, 0.3) is 0 Å². The lowest BCUT2D eigenvalue weighted by Gasteiger charge is -2.24. The lowest BCUT2D eigenvalue weighted by molar-refractivity contribution is -0.115. The standard InChI is InChI=1S/C17H15NO3S/c1-11-2-5-13(6-3-11)18-16(19)9-22-17(18)12-4-7-14-15(8-12)21-10-20-14/h2-8,17H,9-10H2,1H3/t17-/m0/s1. The van der Waals surface area contributed by atoms with Gasteiger partial charge in [-0.15, -0.1) is 11.8 Å². The second kappa shape index (κ2) is 5.25. The molecule has 0 spiro atoms. The number of thioether (sulfide) groups is 1. The van der Waals surface area contributed by atoms with Gasteiger partial charge < -0.3 is 9.47 Å². The van der Waals surface area contributed by atoms with E-state index in [-0.39, 0.29) is 18.1 Å². The summed E-state index contributed by atoms with van der Waals surface area (Å²) in [5.41, 5.74) is 3.17. The van der Waals surface area contributed by atoms with E-state index in [1.165, 1.54) is 5.56 Å². The summed E-state index contributed by atoms with van der Waals surface area (Å²) in [5.74, 6) is 2.14. The molecule has 112 valence electrons. The first-order valence-electron chi connectivity index (χ1n) is 7.12. The summed E-state index contributed by atoms with van der Waals surface area (Å²) >= 11 is 1.64. The number of nitrogens with zero attached hydrogens (tertiary/aromatic N) is 1. The Bertz CT molecular complexity index is 729. The van der Waals surface area contributed by atoms with E-state index in [1.807, 2.05) is 54.3 Å². The second-order valence-corrected chi connectivity index (χ2v) is 6.44. The van der Waals surface area contributed by atoms with Crippen LogP contribution in [0.15, 0.2) is 42.5 Å². The molecule has 0 bridgehead atoms. The lowest BCUT2D eigenvalue weighted by atomic mass is 10.1. The van der Waals surface area contributed by atoms with Crippen molar-refractivity contribution in [3.8, 4) is 11.5 Å². The number of anilines is 1. The van der Waals surface area contributed by atoms with Gasteiger partial charge in [0, 0.05) is 5.69 Å². The van der Waals surface area contributed by atoms with E-state index >= 15 is 0 Å². The fourth-order valence-electron chi connectivity index (χ4n) is 2.72. The summed E-state index contributed by atoms with van der Waals surface area (Å²) in [6.45, 7) is 2.30. The molecule has 0 saturated carbocycles. The van der Waals surface area contributed by atoms with Crippen molar-refractivity contribution < 1.29 is 14.3 Å². The Labute approximate surface area is 133 Å². The van der Waals surface area contributed by atoms with Crippen LogP contribution in [0.25, 0.3) is 0 Å². The summed E-state index contributed by atoms with van der Waals surface area (Å²) in [4.78, 5) is 14.2. The van der Waals surface area contributed by atoms with Gasteiger partial charge in [0.2, 0.25) is 12.7 Å². The molecule has 5 heteroatoms. The summed E-state index contributed by atoms with van der Waals surface area (Å²) in [6.07, 6.45) is 0. The molecule has 4 nitrogen and oxygen atoms in total. The first-order valence-corrected chi connectivity index (χ1v) is 8.17. The van der Waals surface area contributed by atoms with Gasteiger partial charge in [-0.2, -0.15) is 0 Å². The minimum absolute atomic E-state index is 0.0234. The predicted molar refractivity (Wildman–Crippen MR) is 86.4 cm³/mol. The third-order valence-corrected chi connectivity index (χ3v) is 5.07. The van der Waals surface area contributed by atoms with Crippen molar-refractivity contribution in [1.82, 2.24) is 0 Å². The van der Waals surface area contributed by atoms with Crippen LogP contribution in [0.2, 0.25) is 0 Å². The number of benzene rings is 2. The van der Waals surface area contributed by atoms with Crippen molar-refractivity contribution in [3.63, 3.8) is 0 Å². The molecule has 2 aliphatic rings. The fourth-order valence-corrected chi connectivity index (χ4v) is 3.89. The monoisotopic (exact) mass is 313 g/mol. The van der Waals surface area contributed by atoms with Crippen molar-refractivity contribution in [2.45, 2.75) is 12.3 Å². The first-order chi connectivity index (χ1) is 10.7. The topological polar surface area (TPSA) is 38.8 Å². The van der Waals surface area contributed by atoms with Crippen LogP contribution in [-0.2, 0) is 4.79 Å². The van der Waals surface area contributed by atoms with Crippen LogP contribution in [0.4, 0.5) is 5.69 Å². The second-order valence-electron chi connectivity index (χ2n) is 5.38. The molecule has 0 radical (unpaired) electrons. The zero-order valence-corrected chi connectivity index (χ0v) is 12.9. The van der Waals surface area contributed by atoms with Crippen LogP contribution < -0.4 is 14.4 Å². The molecule has 4 rings (SSSR count). The van der Waals surface area contributed by atoms with Crippen LogP contribution in [0.5, 0.6) is 11.5 Å². The van der Waals surface area contributed by atoms with E-state index in [0.717, 1.165) is 22.7 Å². The van der Waals surface area contributed by atoms with Gasteiger partial charge in [0.05, 0.1) is 5.75 Å². The Morgan fingerprint density at radius 2 is 1.86 bits per heavy atom. The number of carbonyl (C=O) groups is 1. The van der Waals surface area contributed by atoms with E-state index in [9.17, 15) is 4.79 Å². The Kier molecular flexibility index (Phi) is 3.22. The molecule has 2 aliphatic heterocycles. The van der Waals surface area contributed by atoms with Crippen molar-refractivity contribution >= 4 is 23.4 Å². The molecule has 0 aliphatic carbocycles. The van der Waals surface area contributed by atoms with E-state index in [0.29, 0.717) is 5.75 Å². The summed E-state index contributed by atoms with van der Waals surface area (Å²) in [5, 5.41) is -0.0234.